The van der Waals surface area contributed by atoms with Gasteiger partial charge in [0, 0.05) is 15.8 Å². The van der Waals surface area contributed by atoms with Gasteiger partial charge in [0.15, 0.2) is 23.1 Å². The van der Waals surface area contributed by atoms with Crippen LogP contribution in [0.3, 0.4) is 0 Å². The molecule has 6 saturated carbocycles. The summed E-state index contributed by atoms with van der Waals surface area (Å²) in [5.74, 6) is -1.50. The fourth-order valence-corrected chi connectivity index (χ4v) is 22.2. The van der Waals surface area contributed by atoms with Gasteiger partial charge in [-0.3, -0.25) is 19.2 Å². The van der Waals surface area contributed by atoms with Gasteiger partial charge in [-0.15, -0.1) is 23.0 Å². The monoisotopic (exact) mass is 1070 g/mol. The Bertz CT molecular complexity index is 1210. The van der Waals surface area contributed by atoms with Crippen LogP contribution < -0.4 is 20.4 Å². The Hall–Kier alpha value is -1.31. The van der Waals surface area contributed by atoms with Gasteiger partial charge in [0.05, 0.1) is 34.0 Å². The van der Waals surface area contributed by atoms with E-state index in [2.05, 4.69) is 0 Å². The third-order valence-corrected chi connectivity index (χ3v) is 23.2. The van der Waals surface area contributed by atoms with Crippen LogP contribution in [0.1, 0.15) is 248 Å². The summed E-state index contributed by atoms with van der Waals surface area (Å²) in [5.41, 5.74) is 7.36. The van der Waals surface area contributed by atoms with E-state index < -0.39 is 0 Å². The first-order chi connectivity index (χ1) is 31.4. The second-order valence-electron chi connectivity index (χ2n) is 20.5. The number of allylic oxidation sites excluding steroid dienone is 8. The average Bonchev–Trinajstić information content (AvgIpc) is 3.25. The first kappa shape index (κ1) is 68.8. The van der Waals surface area contributed by atoms with Gasteiger partial charge in [0.1, 0.15) is 0 Å². The second kappa shape index (κ2) is 42.2. The summed E-state index contributed by atoms with van der Waals surface area (Å²) < 4.78 is 0. The van der Waals surface area contributed by atoms with Crippen molar-refractivity contribution in [1.82, 2.24) is 0 Å². The molecule has 0 atom stereocenters. The van der Waals surface area contributed by atoms with E-state index in [0.717, 1.165) is 24.3 Å². The van der Waals surface area contributed by atoms with Crippen molar-refractivity contribution in [2.75, 3.05) is 0 Å². The Morgan fingerprint density at radius 1 is 0.279 bits per heavy atom. The molecular formula is C56H96Ni2O8P2+2. The van der Waals surface area contributed by atoms with Crippen molar-refractivity contribution in [3.8, 4) is 0 Å². The van der Waals surface area contributed by atoms with Crippen LogP contribution >= 0.6 is 15.8 Å². The Kier molecular flexibility index (Phi) is 42.7. The third kappa shape index (κ3) is 34.9. The summed E-state index contributed by atoms with van der Waals surface area (Å²) in [5, 5.41) is 39.9. The quantitative estimate of drug-likeness (QED) is 0.0904. The number of hydrogen-bond acceptors (Lipinski definition) is 8. The van der Waals surface area contributed by atoms with Crippen LogP contribution in [0, 0.1) is 0 Å². The van der Waals surface area contributed by atoms with Crippen molar-refractivity contribution in [3.63, 3.8) is 0 Å². The van der Waals surface area contributed by atoms with E-state index in [9.17, 15) is 39.6 Å². The summed E-state index contributed by atoms with van der Waals surface area (Å²) in [6.07, 6.45) is 51.8. The minimum absolute atomic E-state index is 0. The van der Waals surface area contributed by atoms with Crippen molar-refractivity contribution >= 4 is 39.0 Å². The molecule has 0 spiro atoms. The van der Waals surface area contributed by atoms with Gasteiger partial charge < -0.3 is 20.4 Å². The van der Waals surface area contributed by atoms with E-state index in [1.807, 2.05) is 0 Å². The molecule has 0 radical (unpaired) electrons. The summed E-state index contributed by atoms with van der Waals surface area (Å²) >= 11 is 0. The molecule has 0 aromatic carbocycles. The topological polar surface area (TPSA) is 161 Å². The minimum atomic E-state index is -0.187. The van der Waals surface area contributed by atoms with E-state index in [0.29, 0.717) is 0 Å². The number of ketones is 4. The SMILES string of the molecule is C1CCC([PH+](C2CCCCC2)C2CCCCC2)CC1.C1CCC([PH+](C2CCCCC2)C2CCCCC2)CC1.CC(=O)/C=C(/C)[O-].CC(=O)/C=C(/C)[O-].CC(=O)/C=C(/C)[O-].CC(=O)/C=C(/C)[O-].[Ni+2].[Ni+2]. The normalized spacial score (nSPS) is 20.9. The predicted octanol–water partition coefficient (Wildman–Crippen LogP) is 11.8. The Morgan fingerprint density at radius 3 is 0.471 bits per heavy atom. The van der Waals surface area contributed by atoms with Gasteiger partial charge in [-0.25, -0.2) is 0 Å². The molecular weight excluding hydrogens is 980 g/mol. The molecule has 0 aromatic heterocycles. The summed E-state index contributed by atoms with van der Waals surface area (Å²) in [7, 11) is -0.0930. The van der Waals surface area contributed by atoms with Crippen molar-refractivity contribution in [2.24, 2.45) is 0 Å². The minimum Gasteiger partial charge on any atom is -0.876 e. The zero-order valence-electron chi connectivity index (χ0n) is 43.9. The smallest absolute Gasteiger partial charge is 0.876 e. The maximum atomic E-state index is 9.98. The number of rotatable bonds is 10. The van der Waals surface area contributed by atoms with Crippen molar-refractivity contribution in [2.45, 2.75) is 282 Å². The van der Waals surface area contributed by atoms with Crippen LogP contribution in [0.4, 0.5) is 0 Å². The third-order valence-electron chi connectivity index (χ3n) is 14.1. The molecule has 6 rings (SSSR count). The number of carbonyl (C=O) groups is 4. The largest absolute Gasteiger partial charge is 2.00 e. The number of carbonyl (C=O) groups excluding carboxylic acids is 4. The molecule has 0 unspecified atom stereocenters. The predicted molar refractivity (Wildman–Crippen MR) is 276 cm³/mol. The maximum absolute atomic E-state index is 9.98. The van der Waals surface area contributed by atoms with E-state index in [1.165, 1.54) is 89.3 Å². The Balaban J connectivity index is 0. The van der Waals surface area contributed by atoms with Gasteiger partial charge in [0.25, 0.3) is 0 Å². The summed E-state index contributed by atoms with van der Waals surface area (Å²) in [4.78, 5) is 39.9. The van der Waals surface area contributed by atoms with Crippen LogP contribution in [-0.2, 0) is 52.2 Å². The molecule has 0 bridgehead atoms. The van der Waals surface area contributed by atoms with E-state index in [1.54, 1.807) is 193 Å². The summed E-state index contributed by atoms with van der Waals surface area (Å²) in [6, 6.07) is 0. The van der Waals surface area contributed by atoms with Crippen LogP contribution in [0.25, 0.3) is 0 Å². The summed E-state index contributed by atoms with van der Waals surface area (Å²) in [6.45, 7) is 10.8. The van der Waals surface area contributed by atoms with Crippen LogP contribution in [0.2, 0.25) is 0 Å². The zero-order chi connectivity index (χ0) is 49.3. The van der Waals surface area contributed by atoms with Gasteiger partial charge in [0.2, 0.25) is 0 Å². The van der Waals surface area contributed by atoms with E-state index in [4.69, 9.17) is 0 Å². The van der Waals surface area contributed by atoms with E-state index in [-0.39, 0.29) is 95.0 Å². The molecule has 12 heteroatoms. The van der Waals surface area contributed by atoms with Gasteiger partial charge in [-0.05, 0) is 206 Å². The van der Waals surface area contributed by atoms with Crippen molar-refractivity contribution in [3.05, 3.63) is 47.3 Å². The van der Waals surface area contributed by atoms with Crippen molar-refractivity contribution in [1.29, 1.82) is 0 Å². The second-order valence-corrected chi connectivity index (χ2v) is 27.4. The standard InChI is InChI=1S/2C18H33P.4C5H8O2.2Ni/c2*1-4-10-16(11-5-1)19(17-12-6-2-7-13-17)18-14-8-3-9-15-18;4*1-4(6)3-5(2)7;;/h2*16-18H,1-15H2;4*3,6H,1-2H3;;/q;;;;;;2*+2/p-2/b;;4*4-3-;;. The molecule has 0 aliphatic heterocycles. The molecule has 8 nitrogen and oxygen atoms in total. The van der Waals surface area contributed by atoms with Crippen LogP contribution in [0.5, 0.6) is 0 Å². The molecule has 0 heterocycles. The van der Waals surface area contributed by atoms with Gasteiger partial charge >= 0.3 is 33.0 Å². The Morgan fingerprint density at radius 2 is 0.397 bits per heavy atom. The molecule has 68 heavy (non-hydrogen) atoms. The number of hydrogen-bond donors (Lipinski definition) is 0. The fourth-order valence-electron chi connectivity index (χ4n) is 11.8. The van der Waals surface area contributed by atoms with Crippen LogP contribution in [-0.4, -0.2) is 57.1 Å². The average molecular weight is 1080 g/mol. The Labute approximate surface area is 438 Å². The molecule has 0 saturated heterocycles. The van der Waals surface area contributed by atoms with Gasteiger partial charge in [-0.1, -0.05) is 66.2 Å². The van der Waals surface area contributed by atoms with Gasteiger partial charge in [-0.2, -0.15) is 0 Å². The molecule has 0 N–H and O–H groups in total. The molecule has 6 fully saturated rings. The molecule has 0 aromatic rings. The molecule has 6 aliphatic carbocycles. The van der Waals surface area contributed by atoms with Crippen LogP contribution in [0.15, 0.2) is 47.3 Å². The van der Waals surface area contributed by atoms with E-state index >= 15 is 0 Å². The maximum Gasteiger partial charge on any atom is 2.00 e. The first-order valence-corrected chi connectivity index (χ1v) is 30.0. The van der Waals surface area contributed by atoms with Crippen molar-refractivity contribution < 1.29 is 72.6 Å². The molecule has 6 aliphatic rings. The molecule has 0 amide bonds. The zero-order valence-corrected chi connectivity index (χ0v) is 47.9. The fraction of sp³-hybridized carbons (Fsp3) is 0.786. The first-order valence-electron chi connectivity index (χ1n) is 26.6. The molecule has 396 valence electrons.